The van der Waals surface area contributed by atoms with Gasteiger partial charge >= 0.3 is 0 Å². The number of aryl methyl sites for hydroxylation is 2. The van der Waals surface area contributed by atoms with Gasteiger partial charge < -0.3 is 5.32 Å². The summed E-state index contributed by atoms with van der Waals surface area (Å²) in [7, 11) is 1.87. The Hall–Kier alpha value is -0.910. The molecule has 2 heterocycles. The van der Waals surface area contributed by atoms with Crippen LogP contribution >= 0.6 is 22.9 Å². The average molecular weight is 299 g/mol. The van der Waals surface area contributed by atoms with E-state index >= 15 is 0 Å². The van der Waals surface area contributed by atoms with Crippen molar-refractivity contribution in [3.63, 3.8) is 0 Å². The zero-order chi connectivity index (χ0) is 13.8. The zero-order valence-corrected chi connectivity index (χ0v) is 13.1. The Balaban J connectivity index is 2.20. The molecule has 0 saturated carbocycles. The van der Waals surface area contributed by atoms with Gasteiger partial charge in [-0.25, -0.2) is 4.98 Å². The maximum Gasteiger partial charge on any atom is 0.130 e. The number of rotatable bonds is 6. The van der Waals surface area contributed by atoms with Crippen molar-refractivity contribution in [1.29, 1.82) is 0 Å². The molecule has 0 saturated heterocycles. The van der Waals surface area contributed by atoms with Crippen LogP contribution in [0, 0.1) is 6.92 Å². The monoisotopic (exact) mass is 298 g/mol. The van der Waals surface area contributed by atoms with Crippen LogP contribution in [0.4, 0.5) is 0 Å². The molecule has 2 rings (SSSR count). The number of hydrogen-bond acceptors (Lipinski definition) is 4. The first-order valence-electron chi connectivity index (χ1n) is 6.43. The molecule has 1 N–H and O–H groups in total. The van der Waals surface area contributed by atoms with E-state index in [-0.39, 0.29) is 6.04 Å². The minimum atomic E-state index is 0.201. The molecule has 0 aliphatic rings. The van der Waals surface area contributed by atoms with Crippen LogP contribution in [-0.2, 0) is 13.5 Å². The topological polar surface area (TPSA) is 42.7 Å². The second-order valence-electron chi connectivity index (χ2n) is 4.60. The van der Waals surface area contributed by atoms with Gasteiger partial charge in [0, 0.05) is 18.0 Å². The van der Waals surface area contributed by atoms with Crippen molar-refractivity contribution in [1.82, 2.24) is 20.1 Å². The average Bonchev–Trinajstić information content (AvgIpc) is 2.98. The first kappa shape index (κ1) is 14.5. The number of halogens is 1. The molecule has 0 amide bonds. The van der Waals surface area contributed by atoms with Crippen molar-refractivity contribution in [2.75, 3.05) is 6.54 Å². The lowest BCUT2D eigenvalue weighted by Gasteiger charge is -2.16. The summed E-state index contributed by atoms with van der Waals surface area (Å²) in [6.45, 7) is 5.13. The Kier molecular flexibility index (Phi) is 4.96. The summed E-state index contributed by atoms with van der Waals surface area (Å²) in [5.74, 6) is 0. The molecule has 0 aliphatic carbocycles. The second-order valence-corrected chi connectivity index (χ2v) is 5.68. The van der Waals surface area contributed by atoms with Crippen molar-refractivity contribution >= 4 is 22.9 Å². The van der Waals surface area contributed by atoms with Gasteiger partial charge in [-0.2, -0.15) is 5.10 Å². The van der Waals surface area contributed by atoms with E-state index in [1.165, 1.54) is 0 Å². The standard InChI is InChI=1S/C13H19ClN4S/c1-4-5-15-11(12-7-19-8-16-12)6-10-9(2)17-18(3)13(10)14/h7-8,11,15H,4-6H2,1-3H3. The maximum atomic E-state index is 6.31. The van der Waals surface area contributed by atoms with Gasteiger partial charge in [0.1, 0.15) is 5.15 Å². The van der Waals surface area contributed by atoms with Crippen molar-refractivity contribution < 1.29 is 0 Å². The largest absolute Gasteiger partial charge is 0.308 e. The highest BCUT2D eigenvalue weighted by Gasteiger charge is 2.19. The van der Waals surface area contributed by atoms with Gasteiger partial charge in [-0.05, 0) is 26.3 Å². The number of thiazole rings is 1. The smallest absolute Gasteiger partial charge is 0.130 e. The van der Waals surface area contributed by atoms with Gasteiger partial charge in [0.2, 0.25) is 0 Å². The highest BCUT2D eigenvalue weighted by Crippen LogP contribution is 2.25. The maximum absolute atomic E-state index is 6.31. The van der Waals surface area contributed by atoms with Crippen LogP contribution in [0.1, 0.15) is 36.3 Å². The summed E-state index contributed by atoms with van der Waals surface area (Å²) < 4.78 is 1.73. The molecule has 19 heavy (non-hydrogen) atoms. The van der Waals surface area contributed by atoms with E-state index in [4.69, 9.17) is 11.6 Å². The number of nitrogens with zero attached hydrogens (tertiary/aromatic N) is 3. The van der Waals surface area contributed by atoms with E-state index in [9.17, 15) is 0 Å². The number of hydrogen-bond donors (Lipinski definition) is 1. The van der Waals surface area contributed by atoms with Crippen LogP contribution < -0.4 is 5.32 Å². The van der Waals surface area contributed by atoms with Crippen LogP contribution in [0.25, 0.3) is 0 Å². The lowest BCUT2D eigenvalue weighted by molar-refractivity contribution is 0.519. The summed E-state index contributed by atoms with van der Waals surface area (Å²) >= 11 is 7.93. The second kappa shape index (κ2) is 6.50. The van der Waals surface area contributed by atoms with Gasteiger partial charge in [0.25, 0.3) is 0 Å². The van der Waals surface area contributed by atoms with Crippen molar-refractivity contribution in [3.05, 3.63) is 33.0 Å². The molecule has 0 spiro atoms. The molecule has 0 fully saturated rings. The lowest BCUT2D eigenvalue weighted by Crippen LogP contribution is -2.24. The van der Waals surface area contributed by atoms with Crippen molar-refractivity contribution in [2.24, 2.45) is 7.05 Å². The molecule has 4 nitrogen and oxygen atoms in total. The summed E-state index contributed by atoms with van der Waals surface area (Å²) in [5.41, 5.74) is 5.04. The lowest BCUT2D eigenvalue weighted by atomic mass is 10.0. The van der Waals surface area contributed by atoms with E-state index in [1.807, 2.05) is 19.5 Å². The minimum Gasteiger partial charge on any atom is -0.308 e. The van der Waals surface area contributed by atoms with Gasteiger partial charge in [-0.1, -0.05) is 18.5 Å². The predicted molar refractivity (Wildman–Crippen MR) is 79.8 cm³/mol. The van der Waals surface area contributed by atoms with E-state index < -0.39 is 0 Å². The minimum absolute atomic E-state index is 0.201. The SMILES string of the molecule is CCCNC(Cc1c(C)nn(C)c1Cl)c1cscn1. The molecule has 2 aromatic rings. The summed E-state index contributed by atoms with van der Waals surface area (Å²) in [5, 5.41) is 10.7. The Morgan fingerprint density at radius 2 is 2.32 bits per heavy atom. The third-order valence-corrected chi connectivity index (χ3v) is 4.20. The van der Waals surface area contributed by atoms with E-state index in [1.54, 1.807) is 16.0 Å². The first-order chi connectivity index (χ1) is 9.13. The van der Waals surface area contributed by atoms with Crippen LogP contribution in [0.3, 0.4) is 0 Å². The molecule has 0 aromatic carbocycles. The highest BCUT2D eigenvalue weighted by molar-refractivity contribution is 7.07. The van der Waals surface area contributed by atoms with Gasteiger partial charge in [-0.3, -0.25) is 4.68 Å². The Morgan fingerprint density at radius 3 is 2.84 bits per heavy atom. The van der Waals surface area contributed by atoms with E-state index in [0.717, 1.165) is 41.5 Å². The molecule has 0 bridgehead atoms. The quantitative estimate of drug-likeness (QED) is 0.891. The van der Waals surface area contributed by atoms with Crippen LogP contribution in [-0.4, -0.2) is 21.3 Å². The number of aromatic nitrogens is 3. The van der Waals surface area contributed by atoms with Crippen LogP contribution in [0.15, 0.2) is 10.9 Å². The fourth-order valence-corrected chi connectivity index (χ4v) is 2.96. The van der Waals surface area contributed by atoms with E-state index in [2.05, 4.69) is 27.7 Å². The molecule has 2 aromatic heterocycles. The van der Waals surface area contributed by atoms with Gasteiger partial charge in [0.15, 0.2) is 0 Å². The molecular weight excluding hydrogens is 280 g/mol. The zero-order valence-electron chi connectivity index (χ0n) is 11.5. The van der Waals surface area contributed by atoms with Gasteiger partial charge in [0.05, 0.1) is 22.9 Å². The highest BCUT2D eigenvalue weighted by atomic mass is 35.5. The molecule has 0 aliphatic heterocycles. The molecule has 6 heteroatoms. The fourth-order valence-electron chi connectivity index (χ4n) is 2.10. The van der Waals surface area contributed by atoms with Crippen molar-refractivity contribution in [2.45, 2.75) is 32.7 Å². The summed E-state index contributed by atoms with van der Waals surface area (Å²) in [6, 6.07) is 0.201. The Morgan fingerprint density at radius 1 is 1.53 bits per heavy atom. The van der Waals surface area contributed by atoms with Crippen molar-refractivity contribution in [3.8, 4) is 0 Å². The summed E-state index contributed by atoms with van der Waals surface area (Å²) in [6.07, 6.45) is 1.92. The van der Waals surface area contributed by atoms with Crippen LogP contribution in [0.5, 0.6) is 0 Å². The fraction of sp³-hybridized carbons (Fsp3) is 0.538. The third-order valence-electron chi connectivity index (χ3n) is 3.13. The van der Waals surface area contributed by atoms with E-state index in [0.29, 0.717) is 0 Å². The molecule has 0 radical (unpaired) electrons. The van der Waals surface area contributed by atoms with Crippen LogP contribution in [0.2, 0.25) is 5.15 Å². The molecule has 1 unspecified atom stereocenters. The normalized spacial score (nSPS) is 12.8. The first-order valence-corrected chi connectivity index (χ1v) is 7.75. The molecular formula is C13H19ClN4S. The molecule has 1 atom stereocenters. The Labute approximate surface area is 122 Å². The Bertz CT molecular complexity index is 521. The van der Waals surface area contributed by atoms with Gasteiger partial charge in [-0.15, -0.1) is 11.3 Å². The summed E-state index contributed by atoms with van der Waals surface area (Å²) in [4.78, 5) is 4.42. The third kappa shape index (κ3) is 3.35. The molecule has 104 valence electrons. The predicted octanol–water partition coefficient (Wildman–Crippen LogP) is 3.12. The number of nitrogens with one attached hydrogen (secondary N) is 1.